The van der Waals surface area contributed by atoms with Crippen molar-refractivity contribution in [3.63, 3.8) is 0 Å². The molecule has 0 aliphatic carbocycles. The van der Waals surface area contributed by atoms with Gasteiger partial charge in [-0.25, -0.2) is 4.79 Å². The first-order valence-electron chi connectivity index (χ1n) is 7.06. The summed E-state index contributed by atoms with van der Waals surface area (Å²) < 4.78 is 0. The summed E-state index contributed by atoms with van der Waals surface area (Å²) >= 11 is 0. The second-order valence-corrected chi connectivity index (χ2v) is 5.09. The highest BCUT2D eigenvalue weighted by Gasteiger charge is 2.18. The summed E-state index contributed by atoms with van der Waals surface area (Å²) in [5, 5.41) is 10.6. The van der Waals surface area contributed by atoms with Crippen molar-refractivity contribution in [3.8, 4) is 0 Å². The number of nitrogens with zero attached hydrogens (tertiary/aromatic N) is 1. The smallest absolute Gasteiger partial charge is 0.336 e. The summed E-state index contributed by atoms with van der Waals surface area (Å²) in [5.74, 6) is -1.15. The molecule has 110 valence electrons. The molecule has 2 aromatic rings. The molecule has 4 heteroatoms. The first-order valence-corrected chi connectivity index (χ1v) is 7.06. The molecular weight excluding hydrogens is 266 g/mol. The molecule has 0 aliphatic heterocycles. The number of fused-ring (bicyclic) bond motifs is 1. The van der Waals surface area contributed by atoms with E-state index in [-0.39, 0.29) is 11.5 Å². The summed E-state index contributed by atoms with van der Waals surface area (Å²) in [5.41, 5.74) is 0.615. The lowest BCUT2D eigenvalue weighted by Crippen LogP contribution is -2.28. The maximum atomic E-state index is 12.6. The summed E-state index contributed by atoms with van der Waals surface area (Å²) in [6, 6.07) is 10.4. The lowest BCUT2D eigenvalue weighted by atomic mass is 9.98. The maximum absolute atomic E-state index is 12.6. The third kappa shape index (κ3) is 3.05. The predicted molar refractivity (Wildman–Crippen MR) is 82.8 cm³/mol. The molecule has 0 bridgehead atoms. The van der Waals surface area contributed by atoms with Crippen LogP contribution in [-0.2, 0) is 0 Å². The number of carboxylic acid groups (broad SMARTS) is 1. The van der Waals surface area contributed by atoms with E-state index in [0.29, 0.717) is 17.5 Å². The number of hydrogen-bond acceptors (Lipinski definition) is 2. The zero-order chi connectivity index (χ0) is 15.4. The van der Waals surface area contributed by atoms with E-state index < -0.39 is 5.97 Å². The molecule has 4 nitrogen and oxygen atoms in total. The monoisotopic (exact) mass is 285 g/mol. The van der Waals surface area contributed by atoms with E-state index >= 15 is 0 Å². The van der Waals surface area contributed by atoms with Gasteiger partial charge in [0, 0.05) is 24.5 Å². The van der Waals surface area contributed by atoms with Gasteiger partial charge in [-0.05, 0) is 23.9 Å². The van der Waals surface area contributed by atoms with Gasteiger partial charge in [0.25, 0.3) is 5.91 Å². The minimum Gasteiger partial charge on any atom is -0.478 e. The lowest BCUT2D eigenvalue weighted by Gasteiger charge is -2.18. The van der Waals surface area contributed by atoms with Crippen LogP contribution in [0.2, 0.25) is 0 Å². The van der Waals surface area contributed by atoms with Crippen molar-refractivity contribution in [2.24, 2.45) is 0 Å². The summed E-state index contributed by atoms with van der Waals surface area (Å²) in [7, 11) is 1.75. The van der Waals surface area contributed by atoms with Crippen molar-refractivity contribution >= 4 is 22.6 Å². The van der Waals surface area contributed by atoms with Gasteiger partial charge >= 0.3 is 5.97 Å². The lowest BCUT2D eigenvalue weighted by molar-refractivity contribution is 0.0699. The number of amides is 1. The standard InChI is InChI=1S/C17H19NO3/c1-3-4-11-18(2)16(19)13-9-5-7-12-8-6-10-14(15(12)13)17(20)21/h5-10H,3-4,11H2,1-2H3,(H,20,21). The predicted octanol–water partition coefficient (Wildman–Crippen LogP) is 3.41. The van der Waals surface area contributed by atoms with Crippen LogP contribution in [0.3, 0.4) is 0 Å². The van der Waals surface area contributed by atoms with Crippen molar-refractivity contribution in [1.29, 1.82) is 0 Å². The number of carbonyl (C=O) groups is 2. The SMILES string of the molecule is CCCCN(C)C(=O)c1cccc2cccc(C(=O)O)c12. The van der Waals surface area contributed by atoms with E-state index in [9.17, 15) is 14.7 Å². The summed E-state index contributed by atoms with van der Waals surface area (Å²) in [4.78, 5) is 25.6. The Balaban J connectivity index is 2.53. The molecule has 2 aromatic carbocycles. The highest BCUT2D eigenvalue weighted by atomic mass is 16.4. The second kappa shape index (κ2) is 6.39. The largest absolute Gasteiger partial charge is 0.478 e. The third-order valence-corrected chi connectivity index (χ3v) is 3.56. The number of carboxylic acids is 1. The normalized spacial score (nSPS) is 10.6. The molecule has 0 unspecified atom stereocenters. The average Bonchev–Trinajstić information content (AvgIpc) is 2.50. The van der Waals surface area contributed by atoms with Crippen LogP contribution < -0.4 is 0 Å². The van der Waals surface area contributed by atoms with Crippen LogP contribution in [0.4, 0.5) is 0 Å². The number of unbranched alkanes of at least 4 members (excludes halogenated alkanes) is 1. The Kier molecular flexibility index (Phi) is 4.58. The zero-order valence-corrected chi connectivity index (χ0v) is 12.3. The van der Waals surface area contributed by atoms with Gasteiger partial charge < -0.3 is 10.0 Å². The number of rotatable bonds is 5. The van der Waals surface area contributed by atoms with E-state index in [0.717, 1.165) is 18.2 Å². The van der Waals surface area contributed by atoms with Crippen LogP contribution >= 0.6 is 0 Å². The number of aromatic carboxylic acids is 1. The fourth-order valence-corrected chi connectivity index (χ4v) is 2.40. The average molecular weight is 285 g/mol. The van der Waals surface area contributed by atoms with Gasteiger partial charge in [0.05, 0.1) is 5.56 Å². The van der Waals surface area contributed by atoms with E-state index in [1.165, 1.54) is 6.07 Å². The van der Waals surface area contributed by atoms with Crippen LogP contribution in [0, 0.1) is 0 Å². The molecule has 0 fully saturated rings. The molecule has 1 N–H and O–H groups in total. The first-order chi connectivity index (χ1) is 10.1. The van der Waals surface area contributed by atoms with Crippen LogP contribution in [0.15, 0.2) is 36.4 Å². The van der Waals surface area contributed by atoms with E-state index in [1.54, 1.807) is 30.1 Å². The van der Waals surface area contributed by atoms with Crippen molar-refractivity contribution in [1.82, 2.24) is 4.90 Å². The van der Waals surface area contributed by atoms with Gasteiger partial charge in [0.2, 0.25) is 0 Å². The van der Waals surface area contributed by atoms with Gasteiger partial charge in [-0.2, -0.15) is 0 Å². The fourth-order valence-electron chi connectivity index (χ4n) is 2.40. The second-order valence-electron chi connectivity index (χ2n) is 5.09. The summed E-state index contributed by atoms with van der Waals surface area (Å²) in [6.45, 7) is 2.74. The molecule has 0 saturated carbocycles. The van der Waals surface area contributed by atoms with Crippen LogP contribution in [0.25, 0.3) is 10.8 Å². The minimum atomic E-state index is -1.02. The Bertz CT molecular complexity index is 674. The Hall–Kier alpha value is -2.36. The van der Waals surface area contributed by atoms with Gasteiger partial charge in [-0.3, -0.25) is 4.79 Å². The van der Waals surface area contributed by atoms with E-state index in [1.807, 2.05) is 12.1 Å². The highest BCUT2D eigenvalue weighted by molar-refractivity contribution is 6.14. The number of carbonyl (C=O) groups excluding carboxylic acids is 1. The molecule has 0 atom stereocenters. The van der Waals surface area contributed by atoms with Crippen molar-refractivity contribution in [2.45, 2.75) is 19.8 Å². The molecule has 0 saturated heterocycles. The topological polar surface area (TPSA) is 57.6 Å². The van der Waals surface area contributed by atoms with Crippen molar-refractivity contribution in [3.05, 3.63) is 47.5 Å². The van der Waals surface area contributed by atoms with Gasteiger partial charge in [-0.15, -0.1) is 0 Å². The van der Waals surface area contributed by atoms with Crippen LogP contribution in [-0.4, -0.2) is 35.5 Å². The molecule has 0 heterocycles. The zero-order valence-electron chi connectivity index (χ0n) is 12.3. The van der Waals surface area contributed by atoms with Crippen molar-refractivity contribution in [2.75, 3.05) is 13.6 Å². The third-order valence-electron chi connectivity index (χ3n) is 3.56. The van der Waals surface area contributed by atoms with Gasteiger partial charge in [0.1, 0.15) is 0 Å². The Morgan fingerprint density at radius 2 is 1.71 bits per heavy atom. The molecule has 0 spiro atoms. The minimum absolute atomic E-state index is 0.136. The fraction of sp³-hybridized carbons (Fsp3) is 0.294. The van der Waals surface area contributed by atoms with Gasteiger partial charge in [-0.1, -0.05) is 37.6 Å². The highest BCUT2D eigenvalue weighted by Crippen LogP contribution is 2.24. The first kappa shape index (κ1) is 15.0. The molecule has 1 amide bonds. The van der Waals surface area contributed by atoms with E-state index in [2.05, 4.69) is 6.92 Å². The quantitative estimate of drug-likeness (QED) is 0.915. The number of benzene rings is 2. The Morgan fingerprint density at radius 3 is 2.29 bits per heavy atom. The molecular formula is C17H19NO3. The Labute approximate surface area is 124 Å². The van der Waals surface area contributed by atoms with Crippen LogP contribution in [0.1, 0.15) is 40.5 Å². The maximum Gasteiger partial charge on any atom is 0.336 e. The molecule has 2 rings (SSSR count). The van der Waals surface area contributed by atoms with Crippen molar-refractivity contribution < 1.29 is 14.7 Å². The van der Waals surface area contributed by atoms with E-state index in [4.69, 9.17) is 0 Å². The van der Waals surface area contributed by atoms with Crippen LogP contribution in [0.5, 0.6) is 0 Å². The Morgan fingerprint density at radius 1 is 1.10 bits per heavy atom. The molecule has 21 heavy (non-hydrogen) atoms. The molecule has 0 aromatic heterocycles. The summed E-state index contributed by atoms with van der Waals surface area (Å²) in [6.07, 6.45) is 1.94. The molecule has 0 radical (unpaired) electrons. The number of hydrogen-bond donors (Lipinski definition) is 1. The molecule has 0 aliphatic rings. The van der Waals surface area contributed by atoms with Gasteiger partial charge in [0.15, 0.2) is 0 Å².